The zero-order valence-corrected chi connectivity index (χ0v) is 13.6. The number of ether oxygens (including phenoxy) is 1. The Morgan fingerprint density at radius 3 is 2.14 bits per heavy atom. The van der Waals surface area contributed by atoms with E-state index in [1.54, 1.807) is 24.3 Å². The molecule has 0 aliphatic heterocycles. The van der Waals surface area contributed by atoms with Gasteiger partial charge in [-0.05, 0) is 30.7 Å². The van der Waals surface area contributed by atoms with Crippen molar-refractivity contribution in [3.05, 3.63) is 24.3 Å². The second-order valence-corrected chi connectivity index (χ2v) is 5.86. The fourth-order valence-corrected chi connectivity index (χ4v) is 2.47. The molecule has 0 aliphatic carbocycles. The Hall–Kier alpha value is -1.07. The van der Waals surface area contributed by atoms with Gasteiger partial charge in [0.1, 0.15) is 5.75 Å². The van der Waals surface area contributed by atoms with Crippen molar-refractivity contribution < 1.29 is 13.5 Å². The van der Waals surface area contributed by atoms with Crippen LogP contribution in [0.3, 0.4) is 0 Å². The molecular formula is C16H26NO3S-. The van der Waals surface area contributed by atoms with Crippen LogP contribution in [0.15, 0.2) is 24.3 Å². The van der Waals surface area contributed by atoms with Crippen molar-refractivity contribution in [2.75, 3.05) is 11.3 Å². The fraction of sp³-hybridized carbons (Fsp3) is 0.625. The minimum Gasteiger partial charge on any atom is -0.755 e. The Balaban J connectivity index is 2.03. The largest absolute Gasteiger partial charge is 0.755 e. The average Bonchev–Trinajstić information content (AvgIpc) is 2.47. The van der Waals surface area contributed by atoms with Gasteiger partial charge in [0.05, 0.1) is 6.61 Å². The molecule has 1 aromatic rings. The van der Waals surface area contributed by atoms with Crippen LogP contribution in [0, 0.1) is 0 Å². The Morgan fingerprint density at radius 1 is 1.00 bits per heavy atom. The summed E-state index contributed by atoms with van der Waals surface area (Å²) in [5, 5.41) is 0. The van der Waals surface area contributed by atoms with Crippen molar-refractivity contribution in [1.82, 2.24) is 0 Å². The first-order valence-electron chi connectivity index (χ1n) is 7.81. The van der Waals surface area contributed by atoms with Crippen molar-refractivity contribution in [3.8, 4) is 5.75 Å². The van der Waals surface area contributed by atoms with E-state index in [0.29, 0.717) is 5.69 Å². The molecule has 0 heterocycles. The normalized spacial score (nSPS) is 12.1. The van der Waals surface area contributed by atoms with E-state index >= 15 is 0 Å². The predicted molar refractivity (Wildman–Crippen MR) is 87.1 cm³/mol. The lowest BCUT2D eigenvalue weighted by Crippen LogP contribution is -2.02. The number of hydrogen-bond acceptors (Lipinski definition) is 3. The monoisotopic (exact) mass is 312 g/mol. The predicted octanol–water partition coefficient (Wildman–Crippen LogP) is 4.41. The third kappa shape index (κ3) is 9.47. The highest BCUT2D eigenvalue weighted by molar-refractivity contribution is 7.80. The quantitative estimate of drug-likeness (QED) is 0.459. The molecule has 0 fully saturated rings. The van der Waals surface area contributed by atoms with Gasteiger partial charge in [0.2, 0.25) is 0 Å². The fourth-order valence-electron chi connectivity index (χ4n) is 2.14. The van der Waals surface area contributed by atoms with Gasteiger partial charge in [0.25, 0.3) is 0 Å². The Morgan fingerprint density at radius 2 is 1.57 bits per heavy atom. The van der Waals surface area contributed by atoms with Crippen LogP contribution in [-0.2, 0) is 11.3 Å². The second-order valence-electron chi connectivity index (χ2n) is 5.18. The van der Waals surface area contributed by atoms with Crippen LogP contribution in [0.1, 0.15) is 58.3 Å². The van der Waals surface area contributed by atoms with E-state index in [4.69, 9.17) is 4.74 Å². The minimum absolute atomic E-state index is 0.544. The van der Waals surface area contributed by atoms with Gasteiger partial charge >= 0.3 is 0 Å². The molecule has 0 radical (unpaired) electrons. The van der Waals surface area contributed by atoms with Gasteiger partial charge < -0.3 is 14.0 Å². The Labute approximate surface area is 130 Å². The van der Waals surface area contributed by atoms with E-state index in [9.17, 15) is 8.76 Å². The third-order valence-corrected chi connectivity index (χ3v) is 3.72. The molecule has 0 saturated carbocycles. The molecule has 5 heteroatoms. The summed E-state index contributed by atoms with van der Waals surface area (Å²) in [5.74, 6) is 0.778. The lowest BCUT2D eigenvalue weighted by Gasteiger charge is -2.10. The van der Waals surface area contributed by atoms with Crippen molar-refractivity contribution in [1.29, 1.82) is 0 Å². The van der Waals surface area contributed by atoms with Crippen molar-refractivity contribution in [3.63, 3.8) is 0 Å². The molecule has 0 aliphatic rings. The van der Waals surface area contributed by atoms with Gasteiger partial charge in [-0.1, -0.05) is 51.9 Å². The van der Waals surface area contributed by atoms with Crippen LogP contribution in [-0.4, -0.2) is 15.4 Å². The van der Waals surface area contributed by atoms with Gasteiger partial charge in [-0.25, -0.2) is 0 Å². The molecule has 120 valence electrons. The van der Waals surface area contributed by atoms with Crippen molar-refractivity contribution in [2.24, 2.45) is 0 Å². The Kier molecular flexibility index (Phi) is 9.91. The van der Waals surface area contributed by atoms with Crippen LogP contribution in [0.25, 0.3) is 0 Å². The molecule has 0 saturated heterocycles. The molecule has 0 spiro atoms. The van der Waals surface area contributed by atoms with Crippen LogP contribution in [0.4, 0.5) is 5.69 Å². The first-order valence-corrected chi connectivity index (χ1v) is 8.88. The van der Waals surface area contributed by atoms with E-state index in [2.05, 4.69) is 11.6 Å². The van der Waals surface area contributed by atoms with E-state index in [1.165, 1.54) is 44.9 Å². The third-order valence-electron chi connectivity index (χ3n) is 3.32. The zero-order valence-electron chi connectivity index (χ0n) is 12.8. The molecule has 1 atom stereocenters. The summed E-state index contributed by atoms with van der Waals surface area (Å²) in [6.07, 6.45) is 10.3. The molecule has 0 bridgehead atoms. The smallest absolute Gasteiger partial charge is 0.119 e. The summed E-state index contributed by atoms with van der Waals surface area (Å²) in [7, 11) is 0. The maximum atomic E-state index is 10.5. The average molecular weight is 312 g/mol. The number of benzene rings is 1. The molecule has 4 nitrogen and oxygen atoms in total. The SMILES string of the molecule is CCCCCCCCCCOc1ccc(NS(=O)[O-])cc1. The van der Waals surface area contributed by atoms with Crippen LogP contribution in [0.2, 0.25) is 0 Å². The van der Waals surface area contributed by atoms with E-state index < -0.39 is 11.3 Å². The van der Waals surface area contributed by atoms with E-state index in [-0.39, 0.29) is 0 Å². The minimum atomic E-state index is -2.28. The lowest BCUT2D eigenvalue weighted by atomic mass is 10.1. The molecule has 1 N–H and O–H groups in total. The summed E-state index contributed by atoms with van der Waals surface area (Å²) in [6, 6.07) is 6.94. The first kappa shape index (κ1) is 18.0. The van der Waals surface area contributed by atoms with Crippen molar-refractivity contribution in [2.45, 2.75) is 58.3 Å². The molecule has 21 heavy (non-hydrogen) atoms. The number of hydrogen-bond donors (Lipinski definition) is 1. The van der Waals surface area contributed by atoms with Gasteiger partial charge in [0.15, 0.2) is 0 Å². The van der Waals surface area contributed by atoms with Gasteiger partial charge in [-0.2, -0.15) is 0 Å². The van der Waals surface area contributed by atoms with Gasteiger partial charge in [-0.3, -0.25) is 4.21 Å². The van der Waals surface area contributed by atoms with E-state index in [1.807, 2.05) is 0 Å². The molecule has 1 unspecified atom stereocenters. The first-order chi connectivity index (χ1) is 10.2. The number of anilines is 1. The topological polar surface area (TPSA) is 61.4 Å². The number of nitrogens with one attached hydrogen (secondary N) is 1. The lowest BCUT2D eigenvalue weighted by molar-refractivity contribution is 0.304. The summed E-state index contributed by atoms with van der Waals surface area (Å²) < 4.78 is 28.9. The molecule has 0 amide bonds. The molecule has 1 rings (SSSR count). The Bertz CT molecular complexity index is 395. The molecule has 0 aromatic heterocycles. The number of rotatable bonds is 12. The molecule has 1 aromatic carbocycles. The number of unbranched alkanes of at least 4 members (excludes halogenated alkanes) is 7. The van der Waals surface area contributed by atoms with E-state index in [0.717, 1.165) is 18.8 Å². The summed E-state index contributed by atoms with van der Waals surface area (Å²) in [6.45, 7) is 2.95. The zero-order chi connectivity index (χ0) is 15.3. The van der Waals surface area contributed by atoms with Crippen molar-refractivity contribution >= 4 is 17.0 Å². The van der Waals surface area contributed by atoms with Crippen LogP contribution < -0.4 is 9.46 Å². The van der Waals surface area contributed by atoms with Crippen LogP contribution in [0.5, 0.6) is 5.75 Å². The highest BCUT2D eigenvalue weighted by Crippen LogP contribution is 2.16. The highest BCUT2D eigenvalue weighted by atomic mass is 32.2. The highest BCUT2D eigenvalue weighted by Gasteiger charge is 1.96. The molecular weight excluding hydrogens is 286 g/mol. The summed E-state index contributed by atoms with van der Waals surface area (Å²) in [4.78, 5) is 0. The maximum absolute atomic E-state index is 10.5. The maximum Gasteiger partial charge on any atom is 0.119 e. The van der Waals surface area contributed by atoms with Gasteiger partial charge in [0, 0.05) is 17.0 Å². The standard InChI is InChI=1S/C16H27NO3S/c1-2-3-4-5-6-7-8-9-14-20-16-12-10-15(11-13-16)17-21(18)19/h10-13,17H,2-9,14H2,1H3,(H,18,19)/p-1. The second kappa shape index (κ2) is 11.6. The van der Waals surface area contributed by atoms with Crippen LogP contribution >= 0.6 is 0 Å². The summed E-state index contributed by atoms with van der Waals surface area (Å²) in [5.41, 5.74) is 0.544. The van der Waals surface area contributed by atoms with Gasteiger partial charge in [-0.15, -0.1) is 0 Å². The summed E-state index contributed by atoms with van der Waals surface area (Å²) >= 11 is -2.28.